The van der Waals surface area contributed by atoms with Gasteiger partial charge in [-0.2, -0.15) is 0 Å². The highest BCUT2D eigenvalue weighted by molar-refractivity contribution is 5.93. The molecule has 1 aliphatic heterocycles. The number of rotatable bonds is 5. The number of ether oxygens (including phenoxy) is 1. The van der Waals surface area contributed by atoms with Gasteiger partial charge in [0.25, 0.3) is 0 Å². The highest BCUT2D eigenvalue weighted by Crippen LogP contribution is 2.16. The number of nitrogens with one attached hydrogen (secondary N) is 2. The first-order chi connectivity index (χ1) is 11.5. The van der Waals surface area contributed by atoms with Crippen LogP contribution in [0.2, 0.25) is 0 Å². The molecule has 0 bridgehead atoms. The molecule has 1 aliphatic rings. The van der Waals surface area contributed by atoms with Crippen molar-refractivity contribution in [3.8, 4) is 0 Å². The Morgan fingerprint density at radius 3 is 2.58 bits per heavy atom. The highest BCUT2D eigenvalue weighted by atomic mass is 16.6. The first-order valence-electron chi connectivity index (χ1n) is 8.51. The standard InChI is InChI=1S/C18H27N3O3/c1-4-24-18(23)21-9-7-15(8-10-21)19-12-17(22)20-16-6-5-13(2)11-14(16)3/h5-6,11,15,19H,4,7-10,12H2,1-3H3,(H,20,22). The summed E-state index contributed by atoms with van der Waals surface area (Å²) in [6, 6.07) is 6.22. The van der Waals surface area contributed by atoms with Gasteiger partial charge in [0.1, 0.15) is 0 Å². The van der Waals surface area contributed by atoms with Crippen LogP contribution in [0.15, 0.2) is 18.2 Å². The fourth-order valence-corrected chi connectivity index (χ4v) is 2.87. The van der Waals surface area contributed by atoms with E-state index in [4.69, 9.17) is 4.74 Å². The molecule has 0 atom stereocenters. The number of hydrogen-bond acceptors (Lipinski definition) is 4. The van der Waals surface area contributed by atoms with Crippen molar-refractivity contribution in [2.75, 3.05) is 31.6 Å². The third-order valence-corrected chi connectivity index (χ3v) is 4.23. The molecule has 2 N–H and O–H groups in total. The van der Waals surface area contributed by atoms with Crippen molar-refractivity contribution in [2.45, 2.75) is 39.7 Å². The van der Waals surface area contributed by atoms with Crippen LogP contribution in [0.1, 0.15) is 30.9 Å². The number of amides is 2. The molecule has 6 nitrogen and oxygen atoms in total. The molecule has 0 spiro atoms. The van der Waals surface area contributed by atoms with Gasteiger partial charge >= 0.3 is 6.09 Å². The number of carbonyl (C=O) groups is 2. The zero-order valence-electron chi connectivity index (χ0n) is 14.7. The van der Waals surface area contributed by atoms with Gasteiger partial charge < -0.3 is 20.3 Å². The average Bonchev–Trinajstić information content (AvgIpc) is 2.56. The molecule has 24 heavy (non-hydrogen) atoms. The summed E-state index contributed by atoms with van der Waals surface area (Å²) in [6.45, 7) is 7.82. The lowest BCUT2D eigenvalue weighted by Gasteiger charge is -2.31. The van der Waals surface area contributed by atoms with Crippen molar-refractivity contribution in [3.63, 3.8) is 0 Å². The summed E-state index contributed by atoms with van der Waals surface area (Å²) < 4.78 is 5.00. The zero-order valence-corrected chi connectivity index (χ0v) is 14.7. The summed E-state index contributed by atoms with van der Waals surface area (Å²) in [5.41, 5.74) is 3.09. The Morgan fingerprint density at radius 2 is 1.96 bits per heavy atom. The lowest BCUT2D eigenvalue weighted by atomic mass is 10.1. The molecule has 1 aromatic rings. The molecular weight excluding hydrogens is 306 g/mol. The maximum Gasteiger partial charge on any atom is 0.409 e. The van der Waals surface area contributed by atoms with Crippen LogP contribution in [0.3, 0.4) is 0 Å². The lowest BCUT2D eigenvalue weighted by molar-refractivity contribution is -0.115. The molecule has 1 heterocycles. The molecule has 0 aliphatic carbocycles. The molecule has 1 saturated heterocycles. The maximum atomic E-state index is 12.1. The summed E-state index contributed by atoms with van der Waals surface area (Å²) in [5.74, 6) is -0.0465. The number of benzene rings is 1. The Hall–Kier alpha value is -2.08. The quantitative estimate of drug-likeness (QED) is 0.868. The monoisotopic (exact) mass is 333 g/mol. The van der Waals surface area contributed by atoms with Crippen molar-refractivity contribution >= 4 is 17.7 Å². The first-order valence-corrected chi connectivity index (χ1v) is 8.51. The van der Waals surface area contributed by atoms with Crippen LogP contribution in [-0.2, 0) is 9.53 Å². The van der Waals surface area contributed by atoms with Crippen molar-refractivity contribution in [1.29, 1.82) is 0 Å². The van der Waals surface area contributed by atoms with E-state index in [2.05, 4.69) is 10.6 Å². The van der Waals surface area contributed by atoms with Gasteiger partial charge in [-0.15, -0.1) is 0 Å². The van der Waals surface area contributed by atoms with Crippen molar-refractivity contribution < 1.29 is 14.3 Å². The summed E-state index contributed by atoms with van der Waals surface area (Å²) >= 11 is 0. The van der Waals surface area contributed by atoms with Crippen LogP contribution in [-0.4, -0.2) is 49.2 Å². The molecule has 1 fully saturated rings. The zero-order chi connectivity index (χ0) is 17.5. The van der Waals surface area contributed by atoms with Crippen molar-refractivity contribution in [2.24, 2.45) is 0 Å². The largest absolute Gasteiger partial charge is 0.450 e. The van der Waals surface area contributed by atoms with Gasteiger partial charge in [-0.05, 0) is 45.2 Å². The van der Waals surface area contributed by atoms with Crippen LogP contribution in [0.4, 0.5) is 10.5 Å². The minimum atomic E-state index is -0.247. The van der Waals surface area contributed by atoms with Crippen LogP contribution in [0.5, 0.6) is 0 Å². The maximum absolute atomic E-state index is 12.1. The lowest BCUT2D eigenvalue weighted by Crippen LogP contribution is -2.46. The Bertz CT molecular complexity index is 581. The third-order valence-electron chi connectivity index (χ3n) is 4.23. The van der Waals surface area contributed by atoms with E-state index in [1.807, 2.05) is 32.0 Å². The SMILES string of the molecule is CCOC(=O)N1CCC(NCC(=O)Nc2ccc(C)cc2C)CC1. The highest BCUT2D eigenvalue weighted by Gasteiger charge is 2.23. The summed E-state index contributed by atoms with van der Waals surface area (Å²) in [4.78, 5) is 25.5. The minimum Gasteiger partial charge on any atom is -0.450 e. The Balaban J connectivity index is 1.72. The predicted octanol–water partition coefficient (Wildman–Crippen LogP) is 2.45. The fourth-order valence-electron chi connectivity index (χ4n) is 2.87. The van der Waals surface area contributed by atoms with E-state index in [1.165, 1.54) is 5.56 Å². The van der Waals surface area contributed by atoms with E-state index in [0.29, 0.717) is 19.7 Å². The van der Waals surface area contributed by atoms with Gasteiger partial charge in [0.15, 0.2) is 0 Å². The summed E-state index contributed by atoms with van der Waals surface area (Å²) in [5, 5.41) is 6.21. The first kappa shape index (κ1) is 18.3. The van der Waals surface area contributed by atoms with Crippen LogP contribution in [0, 0.1) is 13.8 Å². The average molecular weight is 333 g/mol. The van der Waals surface area contributed by atoms with Gasteiger partial charge in [0.2, 0.25) is 5.91 Å². The Labute approximate surface area is 143 Å². The predicted molar refractivity (Wildman–Crippen MR) is 94.2 cm³/mol. The second-order valence-electron chi connectivity index (χ2n) is 6.21. The topological polar surface area (TPSA) is 70.7 Å². The van der Waals surface area contributed by atoms with Crippen LogP contribution < -0.4 is 10.6 Å². The molecule has 132 valence electrons. The molecule has 2 amide bonds. The van der Waals surface area contributed by atoms with Crippen LogP contribution in [0.25, 0.3) is 0 Å². The second kappa shape index (κ2) is 8.68. The van der Waals surface area contributed by atoms with Gasteiger partial charge in [0, 0.05) is 24.8 Å². The van der Waals surface area contributed by atoms with Gasteiger partial charge in [-0.1, -0.05) is 17.7 Å². The molecule has 0 radical (unpaired) electrons. The third kappa shape index (κ3) is 5.23. The van der Waals surface area contributed by atoms with E-state index < -0.39 is 0 Å². The molecule has 2 rings (SSSR count). The summed E-state index contributed by atoms with van der Waals surface area (Å²) in [6.07, 6.45) is 1.41. The van der Waals surface area contributed by atoms with Crippen molar-refractivity contribution in [1.82, 2.24) is 10.2 Å². The Kier molecular flexibility index (Phi) is 6.61. The number of nitrogens with zero attached hydrogens (tertiary/aromatic N) is 1. The number of piperidine rings is 1. The number of anilines is 1. The van der Waals surface area contributed by atoms with Gasteiger partial charge in [0.05, 0.1) is 13.2 Å². The number of hydrogen-bond donors (Lipinski definition) is 2. The van der Waals surface area contributed by atoms with Gasteiger partial charge in [-0.3, -0.25) is 4.79 Å². The van der Waals surface area contributed by atoms with Gasteiger partial charge in [-0.25, -0.2) is 4.79 Å². The molecule has 6 heteroatoms. The van der Waals surface area contributed by atoms with E-state index in [-0.39, 0.29) is 24.6 Å². The molecular formula is C18H27N3O3. The molecule has 0 saturated carbocycles. The number of likely N-dealkylation sites (tertiary alicyclic amines) is 1. The van der Waals surface area contributed by atoms with Crippen LogP contribution >= 0.6 is 0 Å². The number of aryl methyl sites for hydroxylation is 2. The minimum absolute atomic E-state index is 0.0465. The molecule has 0 aromatic heterocycles. The van der Waals surface area contributed by atoms with Crippen molar-refractivity contribution in [3.05, 3.63) is 29.3 Å². The van der Waals surface area contributed by atoms with E-state index in [1.54, 1.807) is 11.8 Å². The fraction of sp³-hybridized carbons (Fsp3) is 0.556. The van der Waals surface area contributed by atoms with E-state index in [0.717, 1.165) is 24.1 Å². The Morgan fingerprint density at radius 1 is 1.25 bits per heavy atom. The summed E-state index contributed by atoms with van der Waals surface area (Å²) in [7, 11) is 0. The van der Waals surface area contributed by atoms with E-state index in [9.17, 15) is 9.59 Å². The smallest absolute Gasteiger partial charge is 0.409 e. The molecule has 1 aromatic carbocycles. The number of carbonyl (C=O) groups excluding carboxylic acids is 2. The van der Waals surface area contributed by atoms with E-state index >= 15 is 0 Å². The normalized spacial score (nSPS) is 15.2. The molecule has 0 unspecified atom stereocenters. The second-order valence-corrected chi connectivity index (χ2v) is 6.21.